The molecular formula is C15H20N2O3. The molecule has 2 N–H and O–H groups in total. The molecule has 1 aromatic carbocycles. The van der Waals surface area contributed by atoms with Crippen LogP contribution in [-0.2, 0) is 4.79 Å². The summed E-state index contributed by atoms with van der Waals surface area (Å²) < 4.78 is 5.47. The average Bonchev–Trinajstić information content (AvgIpc) is 2.45. The molecule has 5 nitrogen and oxygen atoms in total. The summed E-state index contributed by atoms with van der Waals surface area (Å²) in [7, 11) is 0. The Kier molecular flexibility index (Phi) is 6.54. The number of hydrogen-bond acceptors (Lipinski definition) is 4. The van der Waals surface area contributed by atoms with E-state index in [4.69, 9.17) is 10.00 Å². The van der Waals surface area contributed by atoms with Crippen LogP contribution in [0.25, 0.3) is 0 Å². The molecule has 0 radical (unpaired) electrons. The fourth-order valence-corrected chi connectivity index (χ4v) is 1.69. The Morgan fingerprint density at radius 3 is 2.95 bits per heavy atom. The summed E-state index contributed by atoms with van der Waals surface area (Å²) in [5, 5.41) is 21.0. The monoisotopic (exact) mass is 276 g/mol. The highest BCUT2D eigenvalue weighted by molar-refractivity contribution is 5.80. The molecule has 0 heterocycles. The third-order valence-corrected chi connectivity index (χ3v) is 2.78. The van der Waals surface area contributed by atoms with Crippen molar-refractivity contribution in [1.82, 2.24) is 5.32 Å². The summed E-state index contributed by atoms with van der Waals surface area (Å²) in [5.74, 6) is 0.184. The zero-order chi connectivity index (χ0) is 15.0. The summed E-state index contributed by atoms with van der Waals surface area (Å²) in [6, 6.07) is 8.64. The molecule has 0 aromatic heterocycles. The van der Waals surface area contributed by atoms with E-state index in [2.05, 4.69) is 5.32 Å². The van der Waals surface area contributed by atoms with Crippen LogP contribution in [0, 0.1) is 11.3 Å². The number of carbonyl (C=O) groups is 1. The van der Waals surface area contributed by atoms with E-state index in [1.807, 2.05) is 13.0 Å². The lowest BCUT2D eigenvalue weighted by atomic mass is 10.2. The number of nitrogens with zero attached hydrogens (tertiary/aromatic N) is 1. The van der Waals surface area contributed by atoms with Crippen LogP contribution in [-0.4, -0.2) is 29.8 Å². The Hall–Kier alpha value is -2.06. The van der Waals surface area contributed by atoms with E-state index < -0.39 is 12.2 Å². The first-order chi connectivity index (χ1) is 9.56. The highest BCUT2D eigenvalue weighted by atomic mass is 16.5. The van der Waals surface area contributed by atoms with Gasteiger partial charge in [-0.1, -0.05) is 19.4 Å². The van der Waals surface area contributed by atoms with Gasteiger partial charge in [0.2, 0.25) is 0 Å². The Bertz CT molecular complexity index is 482. The molecule has 2 atom stereocenters. The maximum atomic E-state index is 11.8. The second-order valence-electron chi connectivity index (χ2n) is 4.59. The minimum absolute atomic E-state index is 0.221. The van der Waals surface area contributed by atoms with Gasteiger partial charge in [-0.05, 0) is 31.5 Å². The third kappa shape index (κ3) is 5.29. The summed E-state index contributed by atoms with van der Waals surface area (Å²) in [4.78, 5) is 11.8. The second-order valence-corrected chi connectivity index (χ2v) is 4.59. The van der Waals surface area contributed by atoms with Gasteiger partial charge in [-0.2, -0.15) is 5.26 Å². The van der Waals surface area contributed by atoms with Crippen molar-refractivity contribution in [1.29, 1.82) is 5.26 Å². The van der Waals surface area contributed by atoms with Crippen LogP contribution in [0.4, 0.5) is 0 Å². The van der Waals surface area contributed by atoms with Crippen LogP contribution in [0.15, 0.2) is 24.3 Å². The number of rotatable bonds is 7. The minimum atomic E-state index is -0.683. The van der Waals surface area contributed by atoms with Crippen LogP contribution >= 0.6 is 0 Å². The number of benzene rings is 1. The molecule has 1 amide bonds. The number of nitrogens with one attached hydrogen (secondary N) is 1. The standard InChI is InChI=1S/C15H20N2O3/c1-3-5-13(18)10-17-15(19)11(2)20-14-7-4-6-12(8-14)9-16/h4,6-8,11,13,18H,3,5,10H2,1-2H3,(H,17,19). The number of ether oxygens (including phenoxy) is 1. The molecule has 1 aromatic rings. The molecule has 0 spiro atoms. The first kappa shape index (κ1) is 16.0. The molecule has 0 aliphatic carbocycles. The zero-order valence-electron chi connectivity index (χ0n) is 11.8. The van der Waals surface area contributed by atoms with Gasteiger partial charge in [0.25, 0.3) is 5.91 Å². The van der Waals surface area contributed by atoms with Crippen LogP contribution in [0.3, 0.4) is 0 Å². The molecule has 5 heteroatoms. The van der Waals surface area contributed by atoms with E-state index >= 15 is 0 Å². The molecule has 2 unspecified atom stereocenters. The predicted molar refractivity (Wildman–Crippen MR) is 75.2 cm³/mol. The van der Waals surface area contributed by atoms with Crippen molar-refractivity contribution in [3.63, 3.8) is 0 Å². The smallest absolute Gasteiger partial charge is 0.260 e. The first-order valence-corrected chi connectivity index (χ1v) is 6.69. The number of aliphatic hydroxyl groups excluding tert-OH is 1. The number of amides is 1. The molecule has 1 rings (SSSR count). The normalized spacial score (nSPS) is 13.1. The molecule has 108 valence electrons. The topological polar surface area (TPSA) is 82.3 Å². The summed E-state index contributed by atoms with van der Waals surface area (Å²) >= 11 is 0. The van der Waals surface area contributed by atoms with E-state index in [0.717, 1.165) is 6.42 Å². The van der Waals surface area contributed by atoms with E-state index in [0.29, 0.717) is 17.7 Å². The van der Waals surface area contributed by atoms with Crippen molar-refractivity contribution in [3.8, 4) is 11.8 Å². The third-order valence-electron chi connectivity index (χ3n) is 2.78. The van der Waals surface area contributed by atoms with Crippen molar-refractivity contribution in [2.45, 2.75) is 38.9 Å². The molecular weight excluding hydrogens is 256 g/mol. The van der Waals surface area contributed by atoms with E-state index in [-0.39, 0.29) is 12.5 Å². The van der Waals surface area contributed by atoms with Gasteiger partial charge in [0.15, 0.2) is 6.10 Å². The highest BCUT2D eigenvalue weighted by Crippen LogP contribution is 2.14. The van der Waals surface area contributed by atoms with Gasteiger partial charge in [-0.3, -0.25) is 4.79 Å². The van der Waals surface area contributed by atoms with Gasteiger partial charge in [-0.25, -0.2) is 0 Å². The van der Waals surface area contributed by atoms with Crippen molar-refractivity contribution in [2.75, 3.05) is 6.54 Å². The quantitative estimate of drug-likeness (QED) is 0.792. The lowest BCUT2D eigenvalue weighted by Crippen LogP contribution is -2.40. The van der Waals surface area contributed by atoms with Crippen molar-refractivity contribution >= 4 is 5.91 Å². The molecule has 20 heavy (non-hydrogen) atoms. The van der Waals surface area contributed by atoms with Crippen LogP contribution < -0.4 is 10.1 Å². The number of hydrogen-bond donors (Lipinski definition) is 2. The van der Waals surface area contributed by atoms with Gasteiger partial charge in [0.05, 0.1) is 17.7 Å². The lowest BCUT2D eigenvalue weighted by molar-refractivity contribution is -0.127. The molecule has 0 bridgehead atoms. The van der Waals surface area contributed by atoms with Crippen molar-refractivity contribution in [3.05, 3.63) is 29.8 Å². The van der Waals surface area contributed by atoms with Gasteiger partial charge in [-0.15, -0.1) is 0 Å². The second kappa shape index (κ2) is 8.18. The molecule has 0 aliphatic rings. The zero-order valence-corrected chi connectivity index (χ0v) is 11.8. The van der Waals surface area contributed by atoms with Crippen LogP contribution in [0.2, 0.25) is 0 Å². The van der Waals surface area contributed by atoms with Gasteiger partial charge in [0.1, 0.15) is 5.75 Å². The fraction of sp³-hybridized carbons (Fsp3) is 0.467. The average molecular weight is 276 g/mol. The maximum Gasteiger partial charge on any atom is 0.260 e. The Labute approximate surface area is 119 Å². The van der Waals surface area contributed by atoms with Crippen molar-refractivity contribution < 1.29 is 14.6 Å². The SMILES string of the molecule is CCCC(O)CNC(=O)C(C)Oc1cccc(C#N)c1. The van der Waals surface area contributed by atoms with Gasteiger partial charge >= 0.3 is 0 Å². The number of carbonyl (C=O) groups excluding carboxylic acids is 1. The predicted octanol–water partition coefficient (Wildman–Crippen LogP) is 1.60. The summed E-state index contributed by atoms with van der Waals surface area (Å²) in [6.45, 7) is 3.82. The van der Waals surface area contributed by atoms with Crippen LogP contribution in [0.1, 0.15) is 32.3 Å². The molecule has 0 saturated heterocycles. The fourth-order valence-electron chi connectivity index (χ4n) is 1.69. The lowest BCUT2D eigenvalue weighted by Gasteiger charge is -2.16. The van der Waals surface area contributed by atoms with E-state index in [1.165, 1.54) is 0 Å². The molecule has 0 saturated carbocycles. The van der Waals surface area contributed by atoms with Gasteiger partial charge in [0, 0.05) is 6.54 Å². The van der Waals surface area contributed by atoms with Crippen molar-refractivity contribution in [2.24, 2.45) is 0 Å². The largest absolute Gasteiger partial charge is 0.481 e. The van der Waals surface area contributed by atoms with E-state index in [9.17, 15) is 9.90 Å². The van der Waals surface area contributed by atoms with E-state index in [1.54, 1.807) is 31.2 Å². The Morgan fingerprint density at radius 1 is 1.55 bits per heavy atom. The summed E-state index contributed by atoms with van der Waals surface area (Å²) in [6.07, 6.45) is 0.305. The molecule has 0 fully saturated rings. The van der Waals surface area contributed by atoms with Gasteiger partial charge < -0.3 is 15.2 Å². The Balaban J connectivity index is 2.47. The van der Waals surface area contributed by atoms with Crippen LogP contribution in [0.5, 0.6) is 5.75 Å². The summed E-state index contributed by atoms with van der Waals surface area (Å²) in [5.41, 5.74) is 0.480. The maximum absolute atomic E-state index is 11.8. The molecule has 0 aliphatic heterocycles. The minimum Gasteiger partial charge on any atom is -0.481 e. The highest BCUT2D eigenvalue weighted by Gasteiger charge is 2.15. The number of aliphatic hydroxyl groups is 1. The first-order valence-electron chi connectivity index (χ1n) is 6.69. The number of nitriles is 1. The Morgan fingerprint density at radius 2 is 2.30 bits per heavy atom.